The fraction of sp³-hybridized carbons (Fsp3) is 0.409. The molecule has 2 aliphatic heterocycles. The first kappa shape index (κ1) is 17.7. The maximum Gasteiger partial charge on any atom is 0.155 e. The van der Waals surface area contributed by atoms with Crippen LogP contribution in [0.5, 0.6) is 0 Å². The summed E-state index contributed by atoms with van der Waals surface area (Å²) < 4.78 is 26.5. The van der Waals surface area contributed by atoms with Gasteiger partial charge < -0.3 is 4.90 Å². The number of nitrogens with zero attached hydrogens (tertiary/aromatic N) is 5. The van der Waals surface area contributed by atoms with Gasteiger partial charge in [0.25, 0.3) is 0 Å². The molecule has 5 heterocycles. The van der Waals surface area contributed by atoms with Crippen molar-refractivity contribution in [2.24, 2.45) is 5.92 Å². The highest BCUT2D eigenvalue weighted by molar-refractivity contribution is 7.92. The Kier molecular flexibility index (Phi) is 3.46. The molecule has 0 radical (unpaired) electrons. The topological polar surface area (TPSA) is 96.2 Å². The number of anilines is 1. The van der Waals surface area contributed by atoms with E-state index in [0.29, 0.717) is 18.2 Å². The quantitative estimate of drug-likeness (QED) is 0.533. The lowest BCUT2D eigenvalue weighted by molar-refractivity contribution is 0.577. The number of fused-ring (bicyclic) bond motifs is 3. The van der Waals surface area contributed by atoms with Crippen LogP contribution < -0.4 is 4.90 Å². The summed E-state index contributed by atoms with van der Waals surface area (Å²) in [7, 11) is -2.97. The third-order valence-corrected chi connectivity index (χ3v) is 9.40. The first-order valence-electron chi connectivity index (χ1n) is 10.9. The number of sulfone groups is 1. The Balaban J connectivity index is 1.29. The minimum atomic E-state index is -2.97. The summed E-state index contributed by atoms with van der Waals surface area (Å²) in [5, 5.41) is 13.5. The predicted molar refractivity (Wildman–Crippen MR) is 118 cm³/mol. The number of benzene rings is 1. The van der Waals surface area contributed by atoms with Crippen molar-refractivity contribution in [2.45, 2.75) is 30.4 Å². The van der Waals surface area contributed by atoms with Gasteiger partial charge in [-0.1, -0.05) is 6.07 Å². The zero-order chi connectivity index (χ0) is 20.7. The Morgan fingerprint density at radius 1 is 1.06 bits per heavy atom. The van der Waals surface area contributed by atoms with Crippen LogP contribution in [-0.4, -0.2) is 57.3 Å². The first-order valence-corrected chi connectivity index (χ1v) is 12.6. The van der Waals surface area contributed by atoms with Crippen LogP contribution in [0.4, 0.5) is 5.82 Å². The summed E-state index contributed by atoms with van der Waals surface area (Å²) >= 11 is 0. The number of hydrogen-bond donors (Lipinski definition) is 1. The van der Waals surface area contributed by atoms with Crippen molar-refractivity contribution in [3.05, 3.63) is 42.2 Å². The highest BCUT2D eigenvalue weighted by atomic mass is 32.2. The molecular weight excluding hydrogens is 412 g/mol. The van der Waals surface area contributed by atoms with E-state index in [0.717, 1.165) is 46.9 Å². The maximum atomic E-state index is 12.3. The molecule has 2 atom stereocenters. The fourth-order valence-electron chi connectivity index (χ4n) is 5.27. The van der Waals surface area contributed by atoms with Crippen LogP contribution in [0.2, 0.25) is 0 Å². The molecule has 1 N–H and O–H groups in total. The molecule has 1 saturated carbocycles. The van der Waals surface area contributed by atoms with Crippen molar-refractivity contribution in [1.29, 1.82) is 0 Å². The molecule has 3 fully saturated rings. The second-order valence-corrected chi connectivity index (χ2v) is 11.4. The largest absolute Gasteiger partial charge is 0.354 e. The van der Waals surface area contributed by atoms with Crippen LogP contribution in [0.15, 0.2) is 36.5 Å². The van der Waals surface area contributed by atoms with Crippen LogP contribution in [-0.2, 0) is 9.84 Å². The number of hydrogen-bond acceptors (Lipinski definition) is 6. The van der Waals surface area contributed by atoms with Crippen LogP contribution in [0.3, 0.4) is 0 Å². The van der Waals surface area contributed by atoms with Gasteiger partial charge in [0.2, 0.25) is 0 Å². The summed E-state index contributed by atoms with van der Waals surface area (Å²) in [5.74, 6) is 1.92. The van der Waals surface area contributed by atoms with Crippen molar-refractivity contribution in [2.75, 3.05) is 23.7 Å². The lowest BCUT2D eigenvalue weighted by Gasteiger charge is -2.18. The minimum Gasteiger partial charge on any atom is -0.354 e. The van der Waals surface area contributed by atoms with Gasteiger partial charge in [-0.15, -0.1) is 5.10 Å². The van der Waals surface area contributed by atoms with Crippen molar-refractivity contribution < 1.29 is 8.42 Å². The monoisotopic (exact) mass is 434 g/mol. The third kappa shape index (κ3) is 2.65. The second-order valence-electron chi connectivity index (χ2n) is 9.11. The van der Waals surface area contributed by atoms with Crippen LogP contribution in [0.25, 0.3) is 27.8 Å². The SMILES string of the molecule is O=S1(=O)CC[C@H]2CN(c3ccc4ncc(-c5ccc6[nH]nc(C7CC7)c6c5)n4n3)C[C@H]21. The van der Waals surface area contributed by atoms with E-state index in [1.807, 2.05) is 22.8 Å². The molecule has 0 unspecified atom stereocenters. The normalized spacial score (nSPS) is 25.0. The molecule has 9 heteroatoms. The maximum absolute atomic E-state index is 12.3. The van der Waals surface area contributed by atoms with E-state index in [4.69, 9.17) is 5.10 Å². The standard InChI is InChI=1S/C22H22N6O2S/c29-31(30)8-7-15-11-27(12-19(15)31)21-6-5-20-23-10-18(28(20)26-21)14-3-4-17-16(9-14)22(25-24-17)13-1-2-13/h3-6,9-10,13,15,19H,1-2,7-8,11-12H2,(H,24,25)/t15-,19+/m0/s1. The number of aromatic amines is 1. The van der Waals surface area contributed by atoms with Gasteiger partial charge in [0.05, 0.1) is 34.1 Å². The van der Waals surface area contributed by atoms with E-state index < -0.39 is 9.84 Å². The van der Waals surface area contributed by atoms with Gasteiger partial charge in [-0.3, -0.25) is 5.10 Å². The highest BCUT2D eigenvalue weighted by Gasteiger charge is 2.46. The average molecular weight is 435 g/mol. The van der Waals surface area contributed by atoms with Crippen LogP contribution >= 0.6 is 0 Å². The minimum absolute atomic E-state index is 0.217. The molecule has 0 amide bonds. The van der Waals surface area contributed by atoms with E-state index in [-0.39, 0.29) is 11.2 Å². The van der Waals surface area contributed by atoms with Crippen molar-refractivity contribution in [3.63, 3.8) is 0 Å². The molecule has 0 bridgehead atoms. The van der Waals surface area contributed by atoms with Crippen LogP contribution in [0, 0.1) is 5.92 Å². The second kappa shape index (κ2) is 6.06. The Morgan fingerprint density at radius 3 is 2.81 bits per heavy atom. The molecular formula is C22H22N6O2S. The molecule has 4 aromatic rings. The van der Waals surface area contributed by atoms with Crippen molar-refractivity contribution in [3.8, 4) is 11.3 Å². The van der Waals surface area contributed by atoms with E-state index in [1.165, 1.54) is 18.2 Å². The molecule has 7 rings (SSSR count). The summed E-state index contributed by atoms with van der Waals surface area (Å²) in [6, 6.07) is 10.2. The smallest absolute Gasteiger partial charge is 0.155 e. The number of nitrogens with one attached hydrogen (secondary N) is 1. The zero-order valence-electron chi connectivity index (χ0n) is 16.9. The van der Waals surface area contributed by atoms with Crippen LogP contribution in [0.1, 0.15) is 30.9 Å². The molecule has 2 saturated heterocycles. The Labute approximate surface area is 179 Å². The van der Waals surface area contributed by atoms with Gasteiger partial charge in [0, 0.05) is 30.0 Å². The summed E-state index contributed by atoms with van der Waals surface area (Å²) in [6.45, 7) is 1.28. The van der Waals surface area contributed by atoms with Gasteiger partial charge in [0.1, 0.15) is 5.82 Å². The number of imidazole rings is 1. The molecule has 1 aliphatic carbocycles. The Bertz CT molecular complexity index is 1450. The van der Waals surface area contributed by atoms with E-state index >= 15 is 0 Å². The van der Waals surface area contributed by atoms with Gasteiger partial charge in [-0.25, -0.2) is 17.9 Å². The molecule has 3 aromatic heterocycles. The molecule has 31 heavy (non-hydrogen) atoms. The average Bonchev–Trinajstić information content (AvgIpc) is 3.13. The summed E-state index contributed by atoms with van der Waals surface area (Å²) in [4.78, 5) is 6.65. The van der Waals surface area contributed by atoms with E-state index in [1.54, 1.807) is 0 Å². The van der Waals surface area contributed by atoms with Gasteiger partial charge in [-0.05, 0) is 49.4 Å². The highest BCUT2D eigenvalue weighted by Crippen LogP contribution is 2.42. The van der Waals surface area contributed by atoms with E-state index in [9.17, 15) is 8.42 Å². The van der Waals surface area contributed by atoms with Gasteiger partial charge >= 0.3 is 0 Å². The van der Waals surface area contributed by atoms with Crippen molar-refractivity contribution >= 4 is 32.2 Å². The number of rotatable bonds is 3. The lowest BCUT2D eigenvalue weighted by atomic mass is 10.1. The first-order chi connectivity index (χ1) is 15.1. The molecule has 1 aromatic carbocycles. The van der Waals surface area contributed by atoms with Gasteiger partial charge in [-0.2, -0.15) is 5.10 Å². The molecule has 0 spiro atoms. The third-order valence-electron chi connectivity index (χ3n) is 7.14. The van der Waals surface area contributed by atoms with Crippen molar-refractivity contribution in [1.82, 2.24) is 24.8 Å². The molecule has 8 nitrogen and oxygen atoms in total. The Hall–Kier alpha value is -2.94. The zero-order valence-corrected chi connectivity index (χ0v) is 17.7. The van der Waals surface area contributed by atoms with Gasteiger partial charge in [0.15, 0.2) is 15.5 Å². The summed E-state index contributed by atoms with van der Waals surface area (Å²) in [6.07, 6.45) is 5.03. The van der Waals surface area contributed by atoms with E-state index in [2.05, 4.69) is 38.3 Å². The number of aromatic nitrogens is 5. The Morgan fingerprint density at radius 2 is 1.97 bits per heavy atom. The summed E-state index contributed by atoms with van der Waals surface area (Å²) in [5.41, 5.74) is 4.96. The fourth-order valence-corrected chi connectivity index (χ4v) is 7.42. The molecule has 3 aliphatic rings. The lowest BCUT2D eigenvalue weighted by Crippen LogP contribution is -2.27. The predicted octanol–water partition coefficient (Wildman–Crippen LogP) is 2.77. The molecule has 158 valence electrons. The number of H-pyrrole nitrogens is 1.